The Hall–Kier alpha value is -0.396. The lowest BCUT2D eigenvalue weighted by atomic mass is 10.5. The zero-order valence-corrected chi connectivity index (χ0v) is 14.4. The van der Waals surface area contributed by atoms with Gasteiger partial charge in [0.05, 0.1) is 14.4 Å². The first kappa shape index (κ1) is 13.0. The van der Waals surface area contributed by atoms with Gasteiger partial charge in [-0.25, -0.2) is 8.93 Å². The first-order valence-electron chi connectivity index (χ1n) is 5.88. The predicted molar refractivity (Wildman–Crippen MR) is 81.8 cm³/mol. The molecule has 2 aliphatic heterocycles. The van der Waals surface area contributed by atoms with Crippen molar-refractivity contribution in [3.05, 3.63) is 34.9 Å². The molecule has 0 bridgehead atoms. The van der Waals surface area contributed by atoms with Crippen molar-refractivity contribution in [1.82, 2.24) is 0 Å². The van der Waals surface area contributed by atoms with Gasteiger partial charge in [-0.2, -0.15) is 0 Å². The van der Waals surface area contributed by atoms with Crippen LogP contribution in [0.2, 0.25) is 39.3 Å². The molecule has 0 aromatic carbocycles. The molecule has 1 saturated heterocycles. The Morgan fingerprint density at radius 3 is 1.53 bits per heavy atom. The second-order valence-corrected chi connectivity index (χ2v) is 29.4. The van der Waals surface area contributed by atoms with Gasteiger partial charge >= 0.3 is 0 Å². The quantitative estimate of drug-likeness (QED) is 0.686. The summed E-state index contributed by atoms with van der Waals surface area (Å²) in [6.07, 6.45) is 0. The molecule has 2 nitrogen and oxygen atoms in total. The summed E-state index contributed by atoms with van der Waals surface area (Å²) in [6.45, 7) is 18.5. The first-order valence-corrected chi connectivity index (χ1v) is 16.1. The van der Waals surface area contributed by atoms with E-state index in [1.165, 1.54) is 0 Å². The lowest BCUT2D eigenvalue weighted by Gasteiger charge is -2.51. The van der Waals surface area contributed by atoms with E-state index in [0.717, 1.165) is 11.5 Å². The van der Waals surface area contributed by atoms with E-state index in [9.17, 15) is 0 Å². The summed E-state index contributed by atoms with van der Waals surface area (Å²) in [4.78, 5) is 0. The predicted octanol–water partition coefficient (Wildman–Crippen LogP) is 4.68. The molecule has 1 fully saturated rings. The molecule has 2 aliphatic rings. The standard InChI is InChI=1S/C12H22O2SSi2/c1-10-13-11-8-15(16(2,3)4,17(5,6)7)9-12(11)14-10/h8-9H,1H2,2-7H3. The lowest BCUT2D eigenvalue weighted by Crippen LogP contribution is -2.42. The van der Waals surface area contributed by atoms with E-state index < -0.39 is 23.4 Å². The van der Waals surface area contributed by atoms with Crippen LogP contribution in [0.1, 0.15) is 0 Å². The Bertz CT molecular complexity index is 398. The van der Waals surface area contributed by atoms with E-state index in [4.69, 9.17) is 9.47 Å². The molecule has 0 atom stereocenters. The minimum absolute atomic E-state index is 0.418. The Labute approximate surface area is 107 Å². The highest BCUT2D eigenvalue weighted by Crippen LogP contribution is 2.70. The fourth-order valence-electron chi connectivity index (χ4n) is 2.53. The summed E-state index contributed by atoms with van der Waals surface area (Å²) < 4.78 is 11.1. The molecule has 2 rings (SSSR count). The van der Waals surface area contributed by atoms with Crippen LogP contribution in [-0.4, -0.2) is 14.4 Å². The van der Waals surface area contributed by atoms with Crippen molar-refractivity contribution in [1.29, 1.82) is 0 Å². The van der Waals surface area contributed by atoms with Gasteiger partial charge in [-0.1, -0.05) is 39.3 Å². The van der Waals surface area contributed by atoms with Crippen molar-refractivity contribution in [3.63, 3.8) is 0 Å². The monoisotopic (exact) mass is 286 g/mol. The van der Waals surface area contributed by atoms with Crippen LogP contribution >= 0.6 is 8.93 Å². The van der Waals surface area contributed by atoms with E-state index in [1.54, 1.807) is 0 Å². The molecule has 0 aromatic rings. The molecule has 0 saturated carbocycles. The van der Waals surface area contributed by atoms with Gasteiger partial charge in [0.1, 0.15) is 0 Å². The summed E-state index contributed by atoms with van der Waals surface area (Å²) in [5.41, 5.74) is 0. The number of hydrogen-bond acceptors (Lipinski definition) is 2. The normalized spacial score (nSPS) is 24.5. The van der Waals surface area contributed by atoms with Crippen molar-refractivity contribution in [3.8, 4) is 0 Å². The maximum Gasteiger partial charge on any atom is 0.282 e. The van der Waals surface area contributed by atoms with Crippen LogP contribution in [-0.2, 0) is 9.47 Å². The van der Waals surface area contributed by atoms with Crippen LogP contribution in [0.25, 0.3) is 0 Å². The van der Waals surface area contributed by atoms with Crippen LogP contribution in [0.15, 0.2) is 34.9 Å². The third-order valence-corrected chi connectivity index (χ3v) is 33.1. The molecule has 0 unspecified atom stereocenters. The highest BCUT2D eigenvalue weighted by Gasteiger charge is 2.50. The fraction of sp³-hybridized carbons (Fsp3) is 0.500. The van der Waals surface area contributed by atoms with Crippen molar-refractivity contribution in [2.75, 3.05) is 0 Å². The summed E-state index contributed by atoms with van der Waals surface area (Å²) in [7, 11) is -3.40. The zero-order chi connectivity index (χ0) is 13.1. The van der Waals surface area contributed by atoms with Gasteiger partial charge in [-0.3, -0.25) is 0 Å². The second-order valence-electron chi connectivity index (χ2n) is 6.47. The van der Waals surface area contributed by atoms with Crippen molar-refractivity contribution < 1.29 is 9.47 Å². The maximum atomic E-state index is 5.57. The molecule has 17 heavy (non-hydrogen) atoms. The Morgan fingerprint density at radius 2 is 1.24 bits per heavy atom. The minimum Gasteiger partial charge on any atom is -0.422 e. The fourth-order valence-corrected chi connectivity index (χ4v) is 34.4. The van der Waals surface area contributed by atoms with Crippen molar-refractivity contribution >= 4 is 23.4 Å². The SMILES string of the molecule is C=C1OC2=CS([Si](C)(C)C)([Si](C)(C)C)C=C2O1. The summed E-state index contributed by atoms with van der Waals surface area (Å²) >= 11 is 0. The van der Waals surface area contributed by atoms with Crippen LogP contribution in [0.4, 0.5) is 0 Å². The highest BCUT2D eigenvalue weighted by molar-refractivity contribution is 8.77. The van der Waals surface area contributed by atoms with Gasteiger partial charge in [0.2, 0.25) is 0 Å². The third kappa shape index (κ3) is 1.84. The van der Waals surface area contributed by atoms with E-state index in [-0.39, 0.29) is 0 Å². The molecule has 0 aliphatic carbocycles. The molecule has 5 heteroatoms. The molecule has 96 valence electrons. The Morgan fingerprint density at radius 1 is 0.882 bits per heavy atom. The molecular formula is C12H22O2SSi2. The molecule has 0 spiro atoms. The summed E-state index contributed by atoms with van der Waals surface area (Å²) in [5, 5.41) is 4.80. The molecular weight excluding hydrogens is 264 g/mol. The number of rotatable bonds is 2. The van der Waals surface area contributed by atoms with Crippen LogP contribution in [0.3, 0.4) is 0 Å². The summed E-state index contributed by atoms with van der Waals surface area (Å²) in [5.74, 6) is 2.27. The Balaban J connectivity index is 2.54. The highest BCUT2D eigenvalue weighted by atomic mass is 32.6. The number of hydrogen-bond donors (Lipinski definition) is 0. The smallest absolute Gasteiger partial charge is 0.282 e. The number of fused-ring (bicyclic) bond motifs is 1. The second kappa shape index (κ2) is 3.55. The average Bonchev–Trinajstić information content (AvgIpc) is 2.54. The van der Waals surface area contributed by atoms with Gasteiger partial charge in [-0.15, -0.1) is 0 Å². The summed E-state index contributed by atoms with van der Waals surface area (Å²) in [6, 6.07) is 0. The molecule has 0 radical (unpaired) electrons. The van der Waals surface area contributed by atoms with E-state index in [2.05, 4.69) is 56.7 Å². The number of ether oxygens (including phenoxy) is 2. The van der Waals surface area contributed by atoms with Crippen LogP contribution < -0.4 is 0 Å². The molecule has 0 amide bonds. The third-order valence-electron chi connectivity index (χ3n) is 3.30. The molecule has 0 aromatic heterocycles. The minimum atomic E-state index is -1.30. The van der Waals surface area contributed by atoms with Crippen molar-refractivity contribution in [2.45, 2.75) is 39.3 Å². The van der Waals surface area contributed by atoms with Crippen LogP contribution in [0, 0.1) is 0 Å². The van der Waals surface area contributed by atoms with Gasteiger partial charge in [0.15, 0.2) is 11.5 Å². The zero-order valence-electron chi connectivity index (χ0n) is 11.6. The van der Waals surface area contributed by atoms with E-state index in [0.29, 0.717) is 5.95 Å². The molecule has 2 heterocycles. The van der Waals surface area contributed by atoms with Crippen LogP contribution in [0.5, 0.6) is 0 Å². The van der Waals surface area contributed by atoms with Gasteiger partial charge in [-0.05, 0) is 17.4 Å². The van der Waals surface area contributed by atoms with Gasteiger partial charge < -0.3 is 9.47 Å². The van der Waals surface area contributed by atoms with Crippen molar-refractivity contribution in [2.24, 2.45) is 0 Å². The van der Waals surface area contributed by atoms with Gasteiger partial charge in [0.25, 0.3) is 5.95 Å². The maximum absolute atomic E-state index is 5.57. The Kier molecular flexibility index (Phi) is 2.73. The largest absolute Gasteiger partial charge is 0.422 e. The average molecular weight is 287 g/mol. The van der Waals surface area contributed by atoms with E-state index >= 15 is 0 Å². The molecule has 0 N–H and O–H groups in total. The topological polar surface area (TPSA) is 18.5 Å². The van der Waals surface area contributed by atoms with Gasteiger partial charge in [0, 0.05) is 0 Å². The van der Waals surface area contributed by atoms with E-state index in [1.807, 2.05) is 0 Å². The first-order chi connectivity index (χ1) is 7.57. The lowest BCUT2D eigenvalue weighted by molar-refractivity contribution is 0.210.